The monoisotopic (exact) mass is 474 g/mol. The van der Waals surface area contributed by atoms with Gasteiger partial charge in [0, 0.05) is 51.7 Å². The minimum Gasteiger partial charge on any atom is -0.455 e. The van der Waals surface area contributed by atoms with Crippen LogP contribution in [0.5, 0.6) is 0 Å². The van der Waals surface area contributed by atoms with Crippen molar-refractivity contribution in [2.24, 2.45) is 5.92 Å². The number of sulfonamides is 2. The van der Waals surface area contributed by atoms with Gasteiger partial charge in [-0.05, 0) is 25.0 Å². The van der Waals surface area contributed by atoms with Crippen LogP contribution in [0, 0.1) is 5.92 Å². The Morgan fingerprint density at radius 2 is 1.68 bits per heavy atom. The Labute approximate surface area is 182 Å². The van der Waals surface area contributed by atoms with Crippen LogP contribution >= 0.6 is 0 Å². The van der Waals surface area contributed by atoms with Gasteiger partial charge in [-0.15, -0.1) is 0 Å². The van der Waals surface area contributed by atoms with E-state index in [4.69, 9.17) is 4.74 Å². The van der Waals surface area contributed by atoms with Crippen LogP contribution in [0.3, 0.4) is 0 Å². The number of hydrogen-bond acceptors (Lipinski definition) is 8. The van der Waals surface area contributed by atoms with Crippen molar-refractivity contribution in [1.29, 1.82) is 0 Å². The minimum atomic E-state index is -3.66. The van der Waals surface area contributed by atoms with Crippen LogP contribution in [-0.2, 0) is 34.4 Å². The van der Waals surface area contributed by atoms with Crippen LogP contribution in [0.25, 0.3) is 0 Å². The first-order chi connectivity index (χ1) is 14.6. The third-order valence-corrected chi connectivity index (χ3v) is 8.64. The number of piperidine rings is 1. The summed E-state index contributed by atoms with van der Waals surface area (Å²) in [7, 11) is -6.94. The standard InChI is InChI=1S/C18H26N4O7S2/c1-30(25,26)21-11-9-20(10-12-21)17(23)14-29-18(24)15-4-7-22(8-5-15)31(27,28)16-3-2-6-19-13-16/h2-3,6,13,15H,4-5,7-12,14H2,1H3. The van der Waals surface area contributed by atoms with Gasteiger partial charge >= 0.3 is 5.97 Å². The zero-order valence-corrected chi connectivity index (χ0v) is 18.8. The molecular formula is C18H26N4O7S2. The van der Waals surface area contributed by atoms with Gasteiger partial charge in [-0.25, -0.2) is 16.8 Å². The lowest BCUT2D eigenvalue weighted by atomic mass is 9.98. The number of amides is 1. The van der Waals surface area contributed by atoms with Crippen LogP contribution in [-0.4, -0.2) is 99.3 Å². The number of rotatable bonds is 6. The molecule has 0 bridgehead atoms. The Morgan fingerprint density at radius 1 is 1.03 bits per heavy atom. The first kappa shape index (κ1) is 23.6. The Morgan fingerprint density at radius 3 is 2.23 bits per heavy atom. The third kappa shape index (κ3) is 5.79. The predicted molar refractivity (Wildman–Crippen MR) is 110 cm³/mol. The van der Waals surface area contributed by atoms with Gasteiger partial charge in [0.25, 0.3) is 5.91 Å². The normalized spacial score (nSPS) is 19.8. The summed E-state index contributed by atoms with van der Waals surface area (Å²) in [5, 5.41) is 0. The molecule has 0 radical (unpaired) electrons. The van der Waals surface area contributed by atoms with E-state index in [9.17, 15) is 26.4 Å². The fourth-order valence-corrected chi connectivity index (χ4v) is 5.85. The third-order valence-electron chi connectivity index (χ3n) is 5.46. The molecule has 1 amide bonds. The molecule has 0 atom stereocenters. The fourth-order valence-electron chi connectivity index (χ4n) is 3.59. The number of piperazine rings is 1. The van der Waals surface area contributed by atoms with Crippen molar-refractivity contribution in [2.45, 2.75) is 17.7 Å². The molecule has 1 aromatic rings. The Balaban J connectivity index is 1.44. The molecule has 1 aromatic heterocycles. The molecule has 172 valence electrons. The van der Waals surface area contributed by atoms with Gasteiger partial charge < -0.3 is 9.64 Å². The average Bonchev–Trinajstić information content (AvgIpc) is 2.77. The second kappa shape index (κ2) is 9.59. The average molecular weight is 475 g/mol. The molecule has 31 heavy (non-hydrogen) atoms. The van der Waals surface area contributed by atoms with Crippen LogP contribution in [0.1, 0.15) is 12.8 Å². The number of carbonyl (C=O) groups excluding carboxylic acids is 2. The number of nitrogens with zero attached hydrogens (tertiary/aromatic N) is 4. The highest BCUT2D eigenvalue weighted by molar-refractivity contribution is 7.89. The van der Waals surface area contributed by atoms with Gasteiger partial charge in [0.15, 0.2) is 6.61 Å². The molecule has 0 aromatic carbocycles. The molecule has 2 saturated heterocycles. The van der Waals surface area contributed by atoms with Crippen molar-refractivity contribution in [2.75, 3.05) is 52.1 Å². The summed E-state index contributed by atoms with van der Waals surface area (Å²) in [4.78, 5) is 30.0. The molecule has 2 fully saturated rings. The summed E-state index contributed by atoms with van der Waals surface area (Å²) in [5.74, 6) is -1.38. The topological polar surface area (TPSA) is 134 Å². The molecular weight excluding hydrogens is 448 g/mol. The molecule has 0 spiro atoms. The minimum absolute atomic E-state index is 0.109. The Bertz CT molecular complexity index is 999. The Hall–Kier alpha value is -2.09. The summed E-state index contributed by atoms with van der Waals surface area (Å²) in [6, 6.07) is 3.03. The van der Waals surface area contributed by atoms with Crippen molar-refractivity contribution in [3.63, 3.8) is 0 Å². The molecule has 13 heteroatoms. The first-order valence-electron chi connectivity index (χ1n) is 9.89. The number of esters is 1. The Kier molecular flexibility index (Phi) is 7.29. The number of hydrogen-bond donors (Lipinski definition) is 0. The molecule has 0 N–H and O–H groups in total. The van der Waals surface area contributed by atoms with Gasteiger partial charge in [-0.3, -0.25) is 14.6 Å². The fraction of sp³-hybridized carbons (Fsp3) is 0.611. The molecule has 2 aliphatic rings. The van der Waals surface area contributed by atoms with Crippen molar-refractivity contribution < 1.29 is 31.2 Å². The maximum absolute atomic E-state index is 12.6. The lowest BCUT2D eigenvalue weighted by molar-refractivity contribution is -0.156. The van der Waals surface area contributed by atoms with Crippen LogP contribution in [0.4, 0.5) is 0 Å². The molecule has 0 unspecified atom stereocenters. The number of aromatic nitrogens is 1. The van der Waals surface area contributed by atoms with Crippen molar-refractivity contribution in [3.8, 4) is 0 Å². The van der Waals surface area contributed by atoms with Crippen molar-refractivity contribution in [3.05, 3.63) is 24.5 Å². The van der Waals surface area contributed by atoms with E-state index in [1.54, 1.807) is 6.07 Å². The zero-order valence-electron chi connectivity index (χ0n) is 17.2. The summed E-state index contributed by atoms with van der Waals surface area (Å²) < 4.78 is 56.1. The number of carbonyl (C=O) groups is 2. The van der Waals surface area contributed by atoms with Gasteiger partial charge in [-0.2, -0.15) is 8.61 Å². The van der Waals surface area contributed by atoms with E-state index < -0.39 is 38.5 Å². The van der Waals surface area contributed by atoms with E-state index in [-0.39, 0.29) is 50.1 Å². The van der Waals surface area contributed by atoms with E-state index in [0.717, 1.165) is 6.26 Å². The van der Waals surface area contributed by atoms with Crippen molar-refractivity contribution >= 4 is 31.9 Å². The molecule has 0 aliphatic carbocycles. The first-order valence-corrected chi connectivity index (χ1v) is 13.2. The number of ether oxygens (including phenoxy) is 1. The molecule has 2 aliphatic heterocycles. The lowest BCUT2D eigenvalue weighted by Gasteiger charge is -2.33. The summed E-state index contributed by atoms with van der Waals surface area (Å²) in [6.07, 6.45) is 4.52. The summed E-state index contributed by atoms with van der Waals surface area (Å²) in [5.41, 5.74) is 0. The van der Waals surface area contributed by atoms with E-state index >= 15 is 0 Å². The van der Waals surface area contributed by atoms with E-state index in [1.165, 1.54) is 32.0 Å². The predicted octanol–water partition coefficient (Wildman–Crippen LogP) is -0.871. The molecule has 0 saturated carbocycles. The molecule has 3 heterocycles. The number of pyridine rings is 1. The smallest absolute Gasteiger partial charge is 0.309 e. The SMILES string of the molecule is CS(=O)(=O)N1CCN(C(=O)COC(=O)C2CCN(S(=O)(=O)c3cccnc3)CC2)CC1. The van der Waals surface area contributed by atoms with Crippen LogP contribution < -0.4 is 0 Å². The lowest BCUT2D eigenvalue weighted by Crippen LogP contribution is -2.51. The quantitative estimate of drug-likeness (QED) is 0.486. The van der Waals surface area contributed by atoms with Crippen molar-refractivity contribution in [1.82, 2.24) is 18.5 Å². The maximum Gasteiger partial charge on any atom is 0.309 e. The molecule has 3 rings (SSSR count). The van der Waals surface area contributed by atoms with Crippen LogP contribution in [0.2, 0.25) is 0 Å². The summed E-state index contributed by atoms with van der Waals surface area (Å²) in [6.45, 7) is 0.857. The van der Waals surface area contributed by atoms with Gasteiger partial charge in [-0.1, -0.05) is 0 Å². The van der Waals surface area contributed by atoms with E-state index in [1.807, 2.05) is 0 Å². The van der Waals surface area contributed by atoms with Gasteiger partial charge in [0.2, 0.25) is 20.0 Å². The van der Waals surface area contributed by atoms with Gasteiger partial charge in [0.1, 0.15) is 4.90 Å². The largest absolute Gasteiger partial charge is 0.455 e. The second-order valence-electron chi connectivity index (χ2n) is 7.52. The highest BCUT2D eigenvalue weighted by Crippen LogP contribution is 2.24. The van der Waals surface area contributed by atoms with E-state index in [0.29, 0.717) is 12.8 Å². The second-order valence-corrected chi connectivity index (χ2v) is 11.4. The highest BCUT2D eigenvalue weighted by Gasteiger charge is 2.33. The molecule has 11 nitrogen and oxygen atoms in total. The van der Waals surface area contributed by atoms with Crippen LogP contribution in [0.15, 0.2) is 29.4 Å². The summed E-state index contributed by atoms with van der Waals surface area (Å²) >= 11 is 0. The maximum atomic E-state index is 12.6. The van der Waals surface area contributed by atoms with E-state index in [2.05, 4.69) is 4.98 Å². The highest BCUT2D eigenvalue weighted by atomic mass is 32.2. The zero-order chi connectivity index (χ0) is 22.6. The van der Waals surface area contributed by atoms with Gasteiger partial charge in [0.05, 0.1) is 12.2 Å².